The van der Waals surface area contributed by atoms with E-state index in [1.807, 2.05) is 0 Å². The molecule has 3 heterocycles. The fourth-order valence-corrected chi connectivity index (χ4v) is 5.71. The van der Waals surface area contributed by atoms with E-state index in [4.69, 9.17) is 0 Å². The molecule has 3 aromatic heterocycles. The Balaban J connectivity index is 1.60. The Morgan fingerprint density at radius 3 is 2.59 bits per heavy atom. The van der Waals surface area contributed by atoms with Crippen LogP contribution in [0.5, 0.6) is 0 Å². The third kappa shape index (κ3) is 4.57. The quantitative estimate of drug-likeness (QED) is 0.286. The first-order valence-corrected chi connectivity index (χ1v) is 13.1. The predicted molar refractivity (Wildman–Crippen MR) is 100 cm³/mol. The van der Waals surface area contributed by atoms with Crippen LogP contribution in [0.4, 0.5) is 27.6 Å². The molecule has 0 aromatic carbocycles. The first-order chi connectivity index (χ1) is 15.2. The number of alkyl halides is 7. The van der Waals surface area contributed by atoms with Crippen molar-refractivity contribution in [1.82, 2.24) is 24.1 Å². The molecule has 0 bridgehead atoms. The topological polar surface area (TPSA) is 77.1 Å². The van der Waals surface area contributed by atoms with E-state index in [9.17, 15) is 26.7 Å². The standard InChI is InChI=1S/C19H19F5IN6O/c1-25-10-2-4-11(5-3-10)31-8-12(14(29-31)16(20)21)27-18(32)15-17-28-13(19(22,23)24)6-7-30(17)9-26-15/h6-11,16H,2-5H2,1H3,(H,27,32)/q-1. The molecule has 0 radical (unpaired) electrons. The van der Waals surface area contributed by atoms with Gasteiger partial charge in [0.1, 0.15) is 5.69 Å². The van der Waals surface area contributed by atoms with Crippen LogP contribution in [-0.4, -0.2) is 38.9 Å². The van der Waals surface area contributed by atoms with Gasteiger partial charge in [0.25, 0.3) is 0 Å². The summed E-state index contributed by atoms with van der Waals surface area (Å²) in [7, 11) is 0. The number of fused-ring (bicyclic) bond motifs is 1. The van der Waals surface area contributed by atoms with Gasteiger partial charge in [0.15, 0.2) is 0 Å². The number of amides is 1. The molecular weight excluding hydrogens is 550 g/mol. The number of aromatic nitrogens is 5. The van der Waals surface area contributed by atoms with E-state index < -0.39 is 35.6 Å². The molecule has 174 valence electrons. The van der Waals surface area contributed by atoms with E-state index in [0.29, 0.717) is 0 Å². The van der Waals surface area contributed by atoms with Crippen LogP contribution in [0.2, 0.25) is 0 Å². The molecule has 7 nitrogen and oxygen atoms in total. The predicted octanol–water partition coefficient (Wildman–Crippen LogP) is 1.34. The zero-order valence-corrected chi connectivity index (χ0v) is 18.9. The number of nitrogens with zero attached hydrogens (tertiary/aromatic N) is 5. The molecule has 0 atom stereocenters. The number of hydrogen-bond acceptors (Lipinski definition) is 4. The second kappa shape index (κ2) is 8.90. The van der Waals surface area contributed by atoms with Crippen LogP contribution < -0.4 is 26.5 Å². The third-order valence-corrected chi connectivity index (χ3v) is 8.42. The molecule has 1 amide bonds. The molecular formula is C19H19F5IN6O-. The van der Waals surface area contributed by atoms with Gasteiger partial charge in [-0.2, -0.15) is 13.2 Å². The summed E-state index contributed by atoms with van der Waals surface area (Å²) in [5.74, 6) is -0.944. The van der Waals surface area contributed by atoms with Gasteiger partial charge in [0, 0.05) is 6.20 Å². The molecule has 0 unspecified atom stereocenters. The molecule has 0 saturated heterocycles. The molecule has 1 aliphatic carbocycles. The zero-order valence-electron chi connectivity index (χ0n) is 16.8. The van der Waals surface area contributed by atoms with Crippen molar-refractivity contribution >= 4 is 17.2 Å². The van der Waals surface area contributed by atoms with Crippen LogP contribution in [0, 0.1) is 0 Å². The molecule has 1 aliphatic rings. The van der Waals surface area contributed by atoms with Gasteiger partial charge in [0.2, 0.25) is 0 Å². The van der Waals surface area contributed by atoms with Crippen molar-refractivity contribution in [1.29, 1.82) is 0 Å². The first-order valence-electron chi connectivity index (χ1n) is 9.75. The van der Waals surface area contributed by atoms with Gasteiger partial charge in [-0.25, -0.2) is 0 Å². The second-order valence-corrected chi connectivity index (χ2v) is 10.4. The summed E-state index contributed by atoms with van der Waals surface area (Å²) in [4.78, 5) is 22.2. The minimum atomic E-state index is -4.71. The van der Waals surface area contributed by atoms with Crippen molar-refractivity contribution in [2.24, 2.45) is 0 Å². The summed E-state index contributed by atoms with van der Waals surface area (Å²) in [6.07, 6.45) is -0.381. The van der Waals surface area contributed by atoms with Gasteiger partial charge in [-0.1, -0.05) is 0 Å². The average molecular weight is 569 g/mol. The fourth-order valence-electron chi connectivity index (χ4n) is 3.74. The van der Waals surface area contributed by atoms with Gasteiger partial charge in [-0.15, -0.1) is 0 Å². The molecule has 1 saturated carbocycles. The van der Waals surface area contributed by atoms with Crippen molar-refractivity contribution in [3.05, 3.63) is 41.9 Å². The van der Waals surface area contributed by atoms with Crippen molar-refractivity contribution < 1.29 is 48.0 Å². The van der Waals surface area contributed by atoms with E-state index in [1.54, 1.807) is 0 Å². The third-order valence-electron chi connectivity index (χ3n) is 5.42. The Morgan fingerprint density at radius 1 is 1.25 bits per heavy atom. The maximum absolute atomic E-state index is 13.6. The van der Waals surface area contributed by atoms with E-state index in [0.717, 1.165) is 52.6 Å². The van der Waals surface area contributed by atoms with E-state index >= 15 is 0 Å². The van der Waals surface area contributed by atoms with Crippen molar-refractivity contribution in [2.75, 3.05) is 10.2 Å². The number of halogens is 6. The Bertz CT molecular complexity index is 1120. The summed E-state index contributed by atoms with van der Waals surface area (Å²) < 4.78 is 69.4. The number of carbonyl (C=O) groups excluding carboxylic acids is 1. The van der Waals surface area contributed by atoms with Gasteiger partial charge in [-0.05, 0) is 6.07 Å². The van der Waals surface area contributed by atoms with Gasteiger partial charge >= 0.3 is 159 Å². The molecule has 1 fully saturated rings. The summed E-state index contributed by atoms with van der Waals surface area (Å²) in [5, 5.41) is 6.33. The maximum atomic E-state index is 13.6. The van der Waals surface area contributed by atoms with Gasteiger partial charge < -0.3 is 0 Å². The monoisotopic (exact) mass is 569 g/mol. The summed E-state index contributed by atoms with van der Waals surface area (Å²) in [6.45, 7) is 0. The Labute approximate surface area is 189 Å². The van der Waals surface area contributed by atoms with Crippen LogP contribution >= 0.6 is 0 Å². The van der Waals surface area contributed by atoms with Crippen LogP contribution in [0.25, 0.3) is 5.65 Å². The molecule has 3 aromatic rings. The number of rotatable bonds is 5. The molecule has 32 heavy (non-hydrogen) atoms. The number of carbonyl (C=O) groups is 1. The Morgan fingerprint density at radius 2 is 1.97 bits per heavy atom. The van der Waals surface area contributed by atoms with Gasteiger partial charge in [0.05, 0.1) is 0 Å². The van der Waals surface area contributed by atoms with Crippen molar-refractivity contribution in [3.8, 4) is 0 Å². The van der Waals surface area contributed by atoms with Gasteiger partial charge in [-0.3, -0.25) is 0 Å². The summed E-state index contributed by atoms with van der Waals surface area (Å²) in [5.41, 5.74) is -2.70. The van der Waals surface area contributed by atoms with E-state index in [1.165, 1.54) is 10.9 Å². The van der Waals surface area contributed by atoms with Crippen molar-refractivity contribution in [3.63, 3.8) is 0 Å². The first kappa shape index (κ1) is 22.9. The average Bonchev–Trinajstić information content (AvgIpc) is 3.37. The molecule has 1 N–H and O–H groups in total. The van der Waals surface area contributed by atoms with Crippen LogP contribution in [0.3, 0.4) is 0 Å². The minimum absolute atomic E-state index is 0.0330. The summed E-state index contributed by atoms with van der Waals surface area (Å²) in [6, 6.07) is 0.722. The Hall–Kier alpha value is -2.32. The van der Waals surface area contributed by atoms with Crippen LogP contribution in [0.1, 0.15) is 60.0 Å². The van der Waals surface area contributed by atoms with E-state index in [-0.39, 0.29) is 38.6 Å². The molecule has 4 rings (SSSR count). The second-order valence-electron chi connectivity index (χ2n) is 7.42. The van der Waals surface area contributed by atoms with E-state index in [2.05, 4.69) is 25.3 Å². The molecule has 13 heteroatoms. The van der Waals surface area contributed by atoms with Crippen LogP contribution in [-0.2, 0) is 6.18 Å². The Kier molecular flexibility index (Phi) is 6.36. The fraction of sp³-hybridized carbons (Fsp3) is 0.474. The SMILES string of the molecule is C[I-]C1CCC(n2cc(NC(=O)c3ncn4ccc(C(F)(F)F)nc34)c(C(F)F)n2)CC1. The number of anilines is 1. The molecule has 0 aliphatic heterocycles. The number of nitrogens with one attached hydrogen (secondary N) is 1. The number of imidazole rings is 1. The zero-order chi connectivity index (χ0) is 23.0. The number of hydrogen-bond donors (Lipinski definition) is 1. The van der Waals surface area contributed by atoms with Crippen molar-refractivity contribution in [2.45, 2.75) is 48.3 Å². The van der Waals surface area contributed by atoms with Crippen LogP contribution in [0.15, 0.2) is 24.8 Å². The normalized spacial score (nSPS) is 19.7. The summed E-state index contributed by atoms with van der Waals surface area (Å²) >= 11 is 0.134. The molecule has 0 spiro atoms.